The Hall–Kier alpha value is -2.00. The molecule has 0 bridgehead atoms. The number of nitrogens with two attached hydrogens (primary N) is 1. The van der Waals surface area contributed by atoms with Crippen LogP contribution in [0.2, 0.25) is 0 Å². The lowest BCUT2D eigenvalue weighted by molar-refractivity contribution is -0.118. The quantitative estimate of drug-likeness (QED) is 0.787. The lowest BCUT2D eigenvalue weighted by atomic mass is 10.1. The van der Waals surface area contributed by atoms with E-state index in [1.165, 1.54) is 0 Å². The molecule has 124 valence electrons. The number of carbonyl (C=O) groups is 2. The predicted octanol–water partition coefficient (Wildman–Crippen LogP) is 2.96. The molecule has 0 saturated carbocycles. The number of benzene rings is 1. The van der Waals surface area contributed by atoms with E-state index in [0.29, 0.717) is 6.42 Å². The van der Waals surface area contributed by atoms with E-state index in [0.717, 1.165) is 10.0 Å². The molecule has 1 atom stereocenters. The molecule has 1 aromatic carbocycles. The van der Waals surface area contributed by atoms with Gasteiger partial charge in [0.1, 0.15) is 5.60 Å². The Balaban J connectivity index is 2.80. The monoisotopic (exact) mass is 380 g/mol. The van der Waals surface area contributed by atoms with Crippen LogP contribution in [0.5, 0.6) is 0 Å². The average molecular weight is 381 g/mol. The van der Waals surface area contributed by atoms with Crippen LogP contribution < -0.4 is 11.1 Å². The zero-order valence-corrected chi connectivity index (χ0v) is 15.1. The van der Waals surface area contributed by atoms with Crippen LogP contribution in [0.1, 0.15) is 39.2 Å². The highest BCUT2D eigenvalue weighted by Crippen LogP contribution is 2.11. The summed E-state index contributed by atoms with van der Waals surface area (Å²) in [6, 6.07) is 6.97. The van der Waals surface area contributed by atoms with Crippen LogP contribution in [-0.2, 0) is 9.53 Å². The Morgan fingerprint density at radius 2 is 2.09 bits per heavy atom. The number of alkyl carbamates (subject to hydrolysis) is 1. The van der Waals surface area contributed by atoms with Gasteiger partial charge >= 0.3 is 6.09 Å². The van der Waals surface area contributed by atoms with Gasteiger partial charge < -0.3 is 15.8 Å². The first-order valence-corrected chi connectivity index (χ1v) is 8.00. The number of hydrogen-bond acceptors (Lipinski definition) is 3. The van der Waals surface area contributed by atoms with E-state index in [9.17, 15) is 9.59 Å². The van der Waals surface area contributed by atoms with Gasteiger partial charge in [-0.25, -0.2) is 4.79 Å². The van der Waals surface area contributed by atoms with Crippen molar-refractivity contribution in [3.63, 3.8) is 0 Å². The van der Waals surface area contributed by atoms with Crippen LogP contribution in [0.3, 0.4) is 0 Å². The minimum absolute atomic E-state index is 0.133. The first-order valence-electron chi connectivity index (χ1n) is 7.20. The van der Waals surface area contributed by atoms with Gasteiger partial charge in [-0.05, 0) is 45.4 Å². The summed E-state index contributed by atoms with van der Waals surface area (Å²) in [4.78, 5) is 22.8. The number of primary amides is 1. The fourth-order valence-electron chi connectivity index (χ4n) is 1.65. The van der Waals surface area contributed by atoms with Gasteiger partial charge in [0.25, 0.3) is 0 Å². The number of halogens is 1. The van der Waals surface area contributed by atoms with Crippen LogP contribution >= 0.6 is 15.9 Å². The Kier molecular flexibility index (Phi) is 7.11. The summed E-state index contributed by atoms with van der Waals surface area (Å²) in [6.45, 7) is 5.33. The predicted molar refractivity (Wildman–Crippen MR) is 92.6 cm³/mol. The highest BCUT2D eigenvalue weighted by atomic mass is 79.9. The number of carbonyl (C=O) groups excluding carboxylic acids is 2. The Morgan fingerprint density at radius 1 is 1.39 bits per heavy atom. The molecule has 1 aromatic rings. The fraction of sp³-hybridized carbons (Fsp3) is 0.412. The maximum absolute atomic E-state index is 11.9. The molecule has 2 amide bonds. The molecule has 0 aliphatic carbocycles. The highest BCUT2D eigenvalue weighted by molar-refractivity contribution is 9.10. The maximum Gasteiger partial charge on any atom is 0.408 e. The summed E-state index contributed by atoms with van der Waals surface area (Å²) in [5.74, 6) is 5.48. The van der Waals surface area contributed by atoms with Crippen molar-refractivity contribution < 1.29 is 14.3 Å². The van der Waals surface area contributed by atoms with Gasteiger partial charge in [-0.3, -0.25) is 4.79 Å². The largest absolute Gasteiger partial charge is 0.444 e. The van der Waals surface area contributed by atoms with Crippen LogP contribution in [0.4, 0.5) is 4.79 Å². The molecule has 0 aliphatic heterocycles. The zero-order chi connectivity index (χ0) is 17.5. The fourth-order valence-corrected chi connectivity index (χ4v) is 2.05. The second-order valence-electron chi connectivity index (χ2n) is 5.98. The van der Waals surface area contributed by atoms with E-state index in [-0.39, 0.29) is 6.42 Å². The number of ether oxygens (including phenoxy) is 1. The molecule has 1 unspecified atom stereocenters. The molecule has 3 N–H and O–H groups in total. The Bertz CT molecular complexity index is 627. The van der Waals surface area contributed by atoms with Crippen molar-refractivity contribution in [2.75, 3.05) is 0 Å². The van der Waals surface area contributed by atoms with Gasteiger partial charge in [-0.15, -0.1) is 0 Å². The molecule has 0 aromatic heterocycles. The minimum atomic E-state index is -0.601. The molecule has 5 nitrogen and oxygen atoms in total. The van der Waals surface area contributed by atoms with Crippen molar-refractivity contribution in [1.29, 1.82) is 0 Å². The van der Waals surface area contributed by atoms with Gasteiger partial charge in [0.15, 0.2) is 0 Å². The first kappa shape index (κ1) is 19.0. The van der Waals surface area contributed by atoms with E-state index in [2.05, 4.69) is 33.1 Å². The number of nitrogens with one attached hydrogen (secondary N) is 1. The molecule has 1 rings (SSSR count). The highest BCUT2D eigenvalue weighted by Gasteiger charge is 2.18. The molecule has 6 heteroatoms. The van der Waals surface area contributed by atoms with E-state index in [1.54, 1.807) is 20.8 Å². The lowest BCUT2D eigenvalue weighted by Gasteiger charge is -2.21. The van der Waals surface area contributed by atoms with Crippen molar-refractivity contribution in [2.45, 2.75) is 45.3 Å². The van der Waals surface area contributed by atoms with Gasteiger partial charge in [-0.1, -0.05) is 33.8 Å². The lowest BCUT2D eigenvalue weighted by Crippen LogP contribution is -2.39. The SMILES string of the molecule is CC(C)(C)OC(=O)NC(C#Cc1cccc(Br)c1)CCC(N)=O. The number of amides is 2. The summed E-state index contributed by atoms with van der Waals surface area (Å²) in [5.41, 5.74) is 5.36. The summed E-state index contributed by atoms with van der Waals surface area (Å²) >= 11 is 3.37. The third-order valence-corrected chi connectivity index (χ3v) is 3.08. The normalized spacial score (nSPS) is 11.8. The Morgan fingerprint density at radius 3 is 2.65 bits per heavy atom. The van der Waals surface area contributed by atoms with Crippen molar-refractivity contribution in [1.82, 2.24) is 5.32 Å². The second-order valence-corrected chi connectivity index (χ2v) is 6.90. The summed E-state index contributed by atoms with van der Waals surface area (Å²) < 4.78 is 6.12. The molecule has 0 aliphatic rings. The van der Waals surface area contributed by atoms with Gasteiger partial charge in [0.2, 0.25) is 5.91 Å². The van der Waals surface area contributed by atoms with Gasteiger partial charge in [0, 0.05) is 16.5 Å². The van der Waals surface area contributed by atoms with Crippen molar-refractivity contribution in [2.24, 2.45) is 5.73 Å². The Labute approximate surface area is 145 Å². The van der Waals surface area contributed by atoms with Crippen molar-refractivity contribution >= 4 is 27.9 Å². The molecule has 0 spiro atoms. The molecule has 0 heterocycles. The van der Waals surface area contributed by atoms with Crippen LogP contribution in [0.25, 0.3) is 0 Å². The maximum atomic E-state index is 11.9. The smallest absolute Gasteiger partial charge is 0.408 e. The van der Waals surface area contributed by atoms with E-state index in [1.807, 2.05) is 24.3 Å². The standard InChI is InChI=1S/C17H21BrN2O3/c1-17(2,3)23-16(22)20-14(9-10-15(19)21)8-7-12-5-4-6-13(18)11-12/h4-6,11,14H,9-10H2,1-3H3,(H2,19,21)(H,20,22). The number of rotatable bonds is 4. The number of hydrogen-bond donors (Lipinski definition) is 2. The average Bonchev–Trinajstić information content (AvgIpc) is 2.39. The molecule has 0 fully saturated rings. The van der Waals surface area contributed by atoms with E-state index < -0.39 is 23.6 Å². The molecule has 0 saturated heterocycles. The summed E-state index contributed by atoms with van der Waals surface area (Å²) in [6.07, 6.45) is -0.112. The van der Waals surface area contributed by atoms with Crippen LogP contribution in [-0.4, -0.2) is 23.6 Å². The molecule has 23 heavy (non-hydrogen) atoms. The van der Waals surface area contributed by atoms with Crippen molar-refractivity contribution in [3.05, 3.63) is 34.3 Å². The van der Waals surface area contributed by atoms with E-state index in [4.69, 9.17) is 10.5 Å². The molecular weight excluding hydrogens is 360 g/mol. The molecular formula is C17H21BrN2O3. The minimum Gasteiger partial charge on any atom is -0.444 e. The third-order valence-electron chi connectivity index (χ3n) is 2.59. The summed E-state index contributed by atoms with van der Waals surface area (Å²) in [5, 5.41) is 2.66. The van der Waals surface area contributed by atoms with E-state index >= 15 is 0 Å². The molecule has 0 radical (unpaired) electrons. The first-order chi connectivity index (χ1) is 10.7. The van der Waals surface area contributed by atoms with Crippen LogP contribution in [0.15, 0.2) is 28.7 Å². The zero-order valence-electron chi connectivity index (χ0n) is 13.5. The third kappa shape index (κ3) is 8.89. The topological polar surface area (TPSA) is 81.4 Å². The van der Waals surface area contributed by atoms with Crippen molar-refractivity contribution in [3.8, 4) is 11.8 Å². The second kappa shape index (κ2) is 8.59. The van der Waals surface area contributed by atoms with Crippen LogP contribution in [0, 0.1) is 11.8 Å². The van der Waals surface area contributed by atoms with Gasteiger partial charge in [-0.2, -0.15) is 0 Å². The van der Waals surface area contributed by atoms with Gasteiger partial charge in [0.05, 0.1) is 6.04 Å². The summed E-state index contributed by atoms with van der Waals surface area (Å²) in [7, 11) is 0.